The molecular formula is C22H19FN6O6P+. The molecule has 0 spiro atoms. The number of aliphatic hydroxyl groups excluding tert-OH is 1. The number of carbonyl (C=O) groups is 1. The molecule has 12 nitrogen and oxygen atoms in total. The van der Waals surface area contributed by atoms with E-state index in [9.17, 15) is 14.5 Å². The molecule has 5 rings (SSSR count). The molecule has 0 aliphatic carbocycles. The van der Waals surface area contributed by atoms with Crippen LogP contribution in [0.1, 0.15) is 16.6 Å². The Morgan fingerprint density at radius 2 is 1.86 bits per heavy atom. The Morgan fingerprint density at radius 3 is 2.58 bits per heavy atom. The average molecular weight is 513 g/mol. The summed E-state index contributed by atoms with van der Waals surface area (Å²) in [5.74, 6) is -0.0879. The molecule has 1 unspecified atom stereocenters. The maximum atomic E-state index is 15.5. The summed E-state index contributed by atoms with van der Waals surface area (Å²) in [4.78, 5) is 20.7. The molecule has 184 valence electrons. The molecule has 36 heavy (non-hydrogen) atoms. The highest BCUT2D eigenvalue weighted by Crippen LogP contribution is 2.40. The van der Waals surface area contributed by atoms with E-state index in [1.54, 1.807) is 60.7 Å². The van der Waals surface area contributed by atoms with Gasteiger partial charge in [0, 0.05) is 10.1 Å². The number of halogens is 1. The van der Waals surface area contributed by atoms with Crippen LogP contribution in [0.3, 0.4) is 0 Å². The van der Waals surface area contributed by atoms with Crippen LogP contribution in [-0.2, 0) is 13.8 Å². The maximum absolute atomic E-state index is 15.5. The second-order valence-electron chi connectivity index (χ2n) is 7.64. The fourth-order valence-electron chi connectivity index (χ4n) is 3.65. The number of amides is 1. The Morgan fingerprint density at radius 1 is 1.14 bits per heavy atom. The molecule has 2 N–H and O–H groups in total. The van der Waals surface area contributed by atoms with E-state index in [1.807, 2.05) is 0 Å². The number of nitrogens with zero attached hydrogens (tertiary/aromatic N) is 5. The summed E-state index contributed by atoms with van der Waals surface area (Å²) in [6.07, 6.45) is -4.76. The van der Waals surface area contributed by atoms with Crippen LogP contribution >= 0.6 is 8.25 Å². The van der Waals surface area contributed by atoms with E-state index in [1.165, 1.54) is 0 Å². The first-order chi connectivity index (χ1) is 17.5. The lowest BCUT2D eigenvalue weighted by molar-refractivity contribution is -0.0491. The SMILES string of the molecule is O=C(Nc1ncnc2c1nnn2[C@@H]1O[C@H](CO)[C@@H](O[P+](=O)Oc2ccccc2)[C@@H]1F)c1ccccc1. The van der Waals surface area contributed by atoms with E-state index in [4.69, 9.17) is 13.8 Å². The van der Waals surface area contributed by atoms with Gasteiger partial charge in [-0.2, -0.15) is 4.68 Å². The second kappa shape index (κ2) is 10.4. The number of aliphatic hydroxyl groups is 1. The number of hydrogen-bond acceptors (Lipinski definition) is 10. The van der Waals surface area contributed by atoms with Crippen molar-refractivity contribution < 1.29 is 32.6 Å². The zero-order chi connectivity index (χ0) is 25.1. The standard InChI is InChI=1S/C22H18FN6O6P/c23-16-18(35-36(32)34-14-9-5-2-6-10-14)15(11-30)33-22(16)29-20-17(27-28-29)19(24-12-25-20)26-21(31)13-7-3-1-4-8-13/h1-10,12,15-16,18,22,30H,11H2/p+1/t15-,16+,18-,22-/m1/s1. The number of para-hydroxylation sites is 1. The normalized spacial score (nSPS) is 21.9. The van der Waals surface area contributed by atoms with Crippen molar-refractivity contribution in [3.63, 3.8) is 0 Å². The van der Waals surface area contributed by atoms with Crippen molar-refractivity contribution in [1.82, 2.24) is 25.0 Å². The van der Waals surface area contributed by atoms with Gasteiger partial charge in [-0.1, -0.05) is 41.6 Å². The molecule has 1 fully saturated rings. The topological polar surface area (TPSA) is 151 Å². The number of nitrogens with one attached hydrogen (secondary N) is 1. The van der Waals surface area contributed by atoms with Crippen LogP contribution in [0.4, 0.5) is 10.2 Å². The summed E-state index contributed by atoms with van der Waals surface area (Å²) >= 11 is 0. The summed E-state index contributed by atoms with van der Waals surface area (Å²) in [6, 6.07) is 16.7. The minimum Gasteiger partial charge on any atom is -0.394 e. The third-order valence-corrected chi connectivity index (χ3v) is 6.12. The van der Waals surface area contributed by atoms with Crippen LogP contribution in [0.25, 0.3) is 11.2 Å². The first-order valence-corrected chi connectivity index (χ1v) is 11.8. The molecule has 1 saturated heterocycles. The molecule has 5 atom stereocenters. The smallest absolute Gasteiger partial charge is 0.394 e. The van der Waals surface area contributed by atoms with Gasteiger partial charge < -0.3 is 15.2 Å². The third-order valence-electron chi connectivity index (χ3n) is 5.35. The predicted molar refractivity (Wildman–Crippen MR) is 123 cm³/mol. The van der Waals surface area contributed by atoms with Gasteiger partial charge in [-0.05, 0) is 24.3 Å². The monoisotopic (exact) mass is 513 g/mol. The van der Waals surface area contributed by atoms with Crippen LogP contribution in [0.2, 0.25) is 0 Å². The van der Waals surface area contributed by atoms with Gasteiger partial charge >= 0.3 is 8.25 Å². The first-order valence-electron chi connectivity index (χ1n) is 10.7. The van der Waals surface area contributed by atoms with E-state index >= 15 is 4.39 Å². The molecule has 1 aliphatic rings. The molecule has 2 aromatic heterocycles. The summed E-state index contributed by atoms with van der Waals surface area (Å²) in [6.45, 7) is -0.615. The number of ether oxygens (including phenoxy) is 1. The molecule has 0 radical (unpaired) electrons. The van der Waals surface area contributed by atoms with E-state index in [0.717, 1.165) is 11.0 Å². The van der Waals surface area contributed by atoms with Crippen molar-refractivity contribution in [1.29, 1.82) is 0 Å². The number of aromatic nitrogens is 5. The number of fused-ring (bicyclic) bond motifs is 1. The zero-order valence-electron chi connectivity index (χ0n) is 18.4. The lowest BCUT2D eigenvalue weighted by Gasteiger charge is -2.13. The van der Waals surface area contributed by atoms with Gasteiger partial charge in [0.2, 0.25) is 0 Å². The molecule has 0 saturated carbocycles. The summed E-state index contributed by atoms with van der Waals surface area (Å²) in [5, 5.41) is 20.2. The fourth-order valence-corrected chi connectivity index (χ4v) is 4.44. The molecule has 0 bridgehead atoms. The number of rotatable bonds is 8. The maximum Gasteiger partial charge on any atom is 0.750 e. The quantitative estimate of drug-likeness (QED) is 0.337. The molecule has 3 heterocycles. The number of carbonyl (C=O) groups excluding carboxylic acids is 1. The summed E-state index contributed by atoms with van der Waals surface area (Å²) < 4.78 is 44.9. The molecular weight excluding hydrogens is 494 g/mol. The van der Waals surface area contributed by atoms with Gasteiger partial charge in [0.1, 0.15) is 12.4 Å². The fraction of sp³-hybridized carbons (Fsp3) is 0.227. The Labute approximate surface area is 204 Å². The van der Waals surface area contributed by atoms with Gasteiger partial charge in [0.05, 0.1) is 6.61 Å². The average Bonchev–Trinajstić information content (AvgIpc) is 3.46. The van der Waals surface area contributed by atoms with Crippen molar-refractivity contribution in [3.05, 3.63) is 72.6 Å². The Kier molecular flexibility index (Phi) is 6.87. The van der Waals surface area contributed by atoms with Crippen LogP contribution in [0.15, 0.2) is 67.0 Å². The third kappa shape index (κ3) is 4.77. The van der Waals surface area contributed by atoms with E-state index in [0.29, 0.717) is 5.56 Å². The molecule has 1 amide bonds. The van der Waals surface area contributed by atoms with Gasteiger partial charge in [-0.15, -0.1) is 9.62 Å². The molecule has 2 aromatic carbocycles. The van der Waals surface area contributed by atoms with Crippen molar-refractivity contribution in [2.75, 3.05) is 11.9 Å². The van der Waals surface area contributed by atoms with Crippen LogP contribution in [0, 0.1) is 0 Å². The van der Waals surface area contributed by atoms with Gasteiger partial charge in [-0.25, -0.2) is 18.9 Å². The van der Waals surface area contributed by atoms with Crippen molar-refractivity contribution >= 4 is 31.1 Å². The molecule has 14 heteroatoms. The first kappa shape index (κ1) is 23.8. The van der Waals surface area contributed by atoms with Crippen LogP contribution < -0.4 is 9.84 Å². The summed E-state index contributed by atoms with van der Waals surface area (Å²) in [7, 11) is -2.77. The van der Waals surface area contributed by atoms with E-state index in [2.05, 4.69) is 25.6 Å². The number of hydrogen-bond donors (Lipinski definition) is 2. The largest absolute Gasteiger partial charge is 0.750 e. The number of benzene rings is 2. The molecule has 1 aliphatic heterocycles. The van der Waals surface area contributed by atoms with Crippen molar-refractivity contribution in [2.24, 2.45) is 0 Å². The summed E-state index contributed by atoms with van der Waals surface area (Å²) in [5.41, 5.74) is 0.571. The number of alkyl halides is 1. The van der Waals surface area contributed by atoms with Gasteiger partial charge in [0.25, 0.3) is 5.91 Å². The lowest BCUT2D eigenvalue weighted by atomic mass is 10.1. The van der Waals surface area contributed by atoms with E-state index in [-0.39, 0.29) is 22.7 Å². The van der Waals surface area contributed by atoms with Gasteiger partial charge in [0.15, 0.2) is 41.2 Å². The highest BCUT2D eigenvalue weighted by atomic mass is 31.1. The Hall–Kier alpha value is -3.90. The zero-order valence-corrected chi connectivity index (χ0v) is 19.3. The van der Waals surface area contributed by atoms with Crippen molar-refractivity contribution in [3.8, 4) is 5.75 Å². The van der Waals surface area contributed by atoms with Crippen molar-refractivity contribution in [2.45, 2.75) is 24.6 Å². The lowest BCUT2D eigenvalue weighted by Crippen LogP contribution is -2.32. The molecule has 4 aromatic rings. The minimum absolute atomic E-state index is 0.0688. The van der Waals surface area contributed by atoms with Crippen LogP contribution in [0.5, 0.6) is 5.75 Å². The van der Waals surface area contributed by atoms with Crippen LogP contribution in [-0.4, -0.2) is 61.0 Å². The Bertz CT molecular complexity index is 1380. The number of anilines is 1. The van der Waals surface area contributed by atoms with Gasteiger partial charge in [-0.3, -0.25) is 4.79 Å². The van der Waals surface area contributed by atoms with E-state index < -0.39 is 45.4 Å². The highest BCUT2D eigenvalue weighted by molar-refractivity contribution is 7.33. The highest BCUT2D eigenvalue weighted by Gasteiger charge is 2.53. The predicted octanol–water partition coefficient (Wildman–Crippen LogP) is 2.82. The Balaban J connectivity index is 1.35. The minimum atomic E-state index is -2.77. The second-order valence-corrected chi connectivity index (χ2v) is 8.48.